The maximum atomic E-state index is 11.9. The summed E-state index contributed by atoms with van der Waals surface area (Å²) in [4.78, 5) is 0. The first-order chi connectivity index (χ1) is 10.1. The monoisotopic (exact) mass is 323 g/mol. The molecule has 0 amide bonds. The fraction of sp³-hybridized carbons (Fsp3) is 0.200. The summed E-state index contributed by atoms with van der Waals surface area (Å²) in [6.07, 6.45) is 0.424. The van der Waals surface area contributed by atoms with E-state index in [-0.39, 0.29) is 5.75 Å². The predicted molar refractivity (Wildman–Crippen MR) is 86.5 cm³/mol. The van der Waals surface area contributed by atoms with Crippen LogP contribution < -0.4 is 4.72 Å². The van der Waals surface area contributed by atoms with Gasteiger partial charge in [0.1, 0.15) is 11.2 Å². The number of rotatable bonds is 5. The highest BCUT2D eigenvalue weighted by Crippen LogP contribution is 2.30. The number of fused-ring (bicyclic) bond motifs is 3. The Balaban J connectivity index is 1.99. The average molecular weight is 324 g/mol. The second kappa shape index (κ2) is 5.58. The van der Waals surface area contributed by atoms with Gasteiger partial charge in [-0.3, -0.25) is 4.72 Å². The SMILES string of the molecule is O=S(=O)(CCCCl)Nc1ccc2oc3ccccc3c2c1. The van der Waals surface area contributed by atoms with Gasteiger partial charge < -0.3 is 4.42 Å². The lowest BCUT2D eigenvalue weighted by molar-refractivity contribution is 0.600. The number of benzene rings is 2. The molecule has 1 aromatic heterocycles. The van der Waals surface area contributed by atoms with E-state index < -0.39 is 10.0 Å². The highest BCUT2D eigenvalue weighted by molar-refractivity contribution is 7.92. The number of furan rings is 1. The first-order valence-electron chi connectivity index (χ1n) is 6.57. The largest absolute Gasteiger partial charge is 0.456 e. The number of hydrogen-bond acceptors (Lipinski definition) is 3. The van der Waals surface area contributed by atoms with Crippen molar-refractivity contribution in [2.45, 2.75) is 6.42 Å². The average Bonchev–Trinajstić information content (AvgIpc) is 2.83. The first kappa shape index (κ1) is 14.2. The van der Waals surface area contributed by atoms with Gasteiger partial charge >= 0.3 is 0 Å². The van der Waals surface area contributed by atoms with Gasteiger partial charge in [-0.15, -0.1) is 11.6 Å². The van der Waals surface area contributed by atoms with Gasteiger partial charge in [0.2, 0.25) is 10.0 Å². The number of para-hydroxylation sites is 1. The van der Waals surface area contributed by atoms with Gasteiger partial charge in [0.25, 0.3) is 0 Å². The zero-order valence-electron chi connectivity index (χ0n) is 11.2. The van der Waals surface area contributed by atoms with Crippen LogP contribution in [0.5, 0.6) is 0 Å². The van der Waals surface area contributed by atoms with Crippen molar-refractivity contribution in [3.05, 3.63) is 42.5 Å². The molecule has 0 fully saturated rings. The molecule has 0 aliphatic carbocycles. The van der Waals surface area contributed by atoms with Crippen LogP contribution in [0.25, 0.3) is 21.9 Å². The molecule has 0 aliphatic heterocycles. The summed E-state index contributed by atoms with van der Waals surface area (Å²) in [5.41, 5.74) is 2.05. The van der Waals surface area contributed by atoms with E-state index in [1.807, 2.05) is 24.3 Å². The smallest absolute Gasteiger partial charge is 0.232 e. The fourth-order valence-electron chi connectivity index (χ4n) is 2.26. The van der Waals surface area contributed by atoms with Crippen molar-refractivity contribution < 1.29 is 12.8 Å². The van der Waals surface area contributed by atoms with Gasteiger partial charge in [0.05, 0.1) is 5.75 Å². The molecule has 3 aromatic rings. The van der Waals surface area contributed by atoms with E-state index in [1.165, 1.54) is 0 Å². The fourth-order valence-corrected chi connectivity index (χ4v) is 3.67. The van der Waals surface area contributed by atoms with E-state index in [0.717, 1.165) is 21.9 Å². The van der Waals surface area contributed by atoms with Crippen LogP contribution >= 0.6 is 11.6 Å². The minimum atomic E-state index is -3.37. The summed E-state index contributed by atoms with van der Waals surface area (Å²) in [6.45, 7) is 0. The standard InChI is InChI=1S/C15H14ClNO3S/c16-8-3-9-21(18,19)17-11-6-7-15-13(10-11)12-4-1-2-5-14(12)20-15/h1-2,4-7,10,17H,3,8-9H2. The van der Waals surface area contributed by atoms with E-state index in [1.54, 1.807) is 18.2 Å². The molecule has 21 heavy (non-hydrogen) atoms. The second-order valence-corrected chi connectivity index (χ2v) is 6.99. The number of hydrogen-bond donors (Lipinski definition) is 1. The van der Waals surface area contributed by atoms with E-state index >= 15 is 0 Å². The van der Waals surface area contributed by atoms with Crippen LogP contribution in [0.4, 0.5) is 5.69 Å². The molecule has 1 heterocycles. The topological polar surface area (TPSA) is 59.3 Å². The van der Waals surface area contributed by atoms with Gasteiger partial charge in [-0.2, -0.15) is 0 Å². The van der Waals surface area contributed by atoms with Crippen LogP contribution in [0.3, 0.4) is 0 Å². The number of sulfonamides is 1. The third kappa shape index (κ3) is 2.99. The Bertz CT molecular complexity index is 886. The van der Waals surface area contributed by atoms with Crippen LogP contribution in [-0.2, 0) is 10.0 Å². The Hall–Kier alpha value is -1.72. The zero-order valence-corrected chi connectivity index (χ0v) is 12.7. The van der Waals surface area contributed by atoms with Crippen LogP contribution in [-0.4, -0.2) is 20.1 Å². The first-order valence-corrected chi connectivity index (χ1v) is 8.75. The van der Waals surface area contributed by atoms with Crippen molar-refractivity contribution in [2.24, 2.45) is 0 Å². The van der Waals surface area contributed by atoms with Crippen molar-refractivity contribution in [2.75, 3.05) is 16.4 Å². The molecule has 2 aromatic carbocycles. The lowest BCUT2D eigenvalue weighted by Crippen LogP contribution is -2.16. The van der Waals surface area contributed by atoms with Crippen LogP contribution in [0.15, 0.2) is 46.9 Å². The summed E-state index contributed by atoms with van der Waals surface area (Å²) in [6, 6.07) is 12.9. The number of alkyl halides is 1. The molecular formula is C15H14ClNO3S. The Morgan fingerprint density at radius 2 is 1.81 bits per heavy atom. The number of anilines is 1. The Morgan fingerprint density at radius 3 is 2.62 bits per heavy atom. The summed E-state index contributed by atoms with van der Waals surface area (Å²) in [5, 5.41) is 1.86. The Labute approximate surface area is 127 Å². The molecule has 0 unspecified atom stereocenters. The Morgan fingerprint density at radius 1 is 1.05 bits per heavy atom. The highest BCUT2D eigenvalue weighted by Gasteiger charge is 2.12. The molecule has 0 radical (unpaired) electrons. The molecule has 3 rings (SSSR count). The van der Waals surface area contributed by atoms with E-state index in [0.29, 0.717) is 18.0 Å². The summed E-state index contributed by atoms with van der Waals surface area (Å²) < 4.78 is 32.1. The quantitative estimate of drug-likeness (QED) is 0.723. The third-order valence-electron chi connectivity index (χ3n) is 3.20. The molecule has 0 spiro atoms. The molecular weight excluding hydrogens is 310 g/mol. The van der Waals surface area contributed by atoms with Crippen molar-refractivity contribution in [1.82, 2.24) is 0 Å². The summed E-state index contributed by atoms with van der Waals surface area (Å²) in [5.74, 6) is 0.340. The van der Waals surface area contributed by atoms with Crippen LogP contribution in [0.1, 0.15) is 6.42 Å². The van der Waals surface area contributed by atoms with Gasteiger partial charge in [-0.05, 0) is 30.7 Å². The maximum Gasteiger partial charge on any atom is 0.232 e. The van der Waals surface area contributed by atoms with Crippen molar-refractivity contribution in [3.8, 4) is 0 Å². The van der Waals surface area contributed by atoms with E-state index in [4.69, 9.17) is 16.0 Å². The molecule has 0 bridgehead atoms. The van der Waals surface area contributed by atoms with Gasteiger partial charge in [-0.25, -0.2) is 8.42 Å². The highest BCUT2D eigenvalue weighted by atomic mass is 35.5. The van der Waals surface area contributed by atoms with E-state index in [9.17, 15) is 8.42 Å². The van der Waals surface area contributed by atoms with Crippen molar-refractivity contribution in [3.63, 3.8) is 0 Å². The molecule has 6 heteroatoms. The van der Waals surface area contributed by atoms with Gasteiger partial charge in [0.15, 0.2) is 0 Å². The van der Waals surface area contributed by atoms with Gasteiger partial charge in [-0.1, -0.05) is 18.2 Å². The molecule has 0 atom stereocenters. The molecule has 0 aliphatic rings. The van der Waals surface area contributed by atoms with E-state index in [2.05, 4.69) is 4.72 Å². The molecule has 0 saturated carbocycles. The Kier molecular flexibility index (Phi) is 3.78. The molecule has 4 nitrogen and oxygen atoms in total. The van der Waals surface area contributed by atoms with Crippen LogP contribution in [0.2, 0.25) is 0 Å². The molecule has 110 valence electrons. The minimum Gasteiger partial charge on any atom is -0.456 e. The summed E-state index contributed by atoms with van der Waals surface area (Å²) >= 11 is 5.53. The zero-order chi connectivity index (χ0) is 14.9. The van der Waals surface area contributed by atoms with Gasteiger partial charge in [0, 0.05) is 22.3 Å². The molecule has 0 saturated heterocycles. The van der Waals surface area contributed by atoms with Crippen molar-refractivity contribution >= 4 is 49.3 Å². The lowest BCUT2D eigenvalue weighted by atomic mass is 10.1. The normalized spacial score (nSPS) is 12.0. The summed E-state index contributed by atoms with van der Waals surface area (Å²) in [7, 11) is -3.37. The lowest BCUT2D eigenvalue weighted by Gasteiger charge is -2.07. The number of halogens is 1. The predicted octanol–water partition coefficient (Wildman–Crippen LogP) is 3.96. The number of nitrogens with one attached hydrogen (secondary N) is 1. The maximum absolute atomic E-state index is 11.9. The second-order valence-electron chi connectivity index (χ2n) is 4.77. The third-order valence-corrected chi connectivity index (χ3v) is 4.84. The minimum absolute atomic E-state index is 0.0146. The molecule has 1 N–H and O–H groups in total. The van der Waals surface area contributed by atoms with Crippen molar-refractivity contribution in [1.29, 1.82) is 0 Å². The van der Waals surface area contributed by atoms with Crippen LogP contribution in [0, 0.1) is 0 Å².